The Morgan fingerprint density at radius 3 is 2.29 bits per heavy atom. The van der Waals surface area contributed by atoms with Crippen molar-refractivity contribution in [3.05, 3.63) is 59.7 Å². The van der Waals surface area contributed by atoms with Crippen LogP contribution in [0.15, 0.2) is 48.5 Å². The Morgan fingerprint density at radius 2 is 1.68 bits per heavy atom. The van der Waals surface area contributed by atoms with E-state index in [-0.39, 0.29) is 50.0 Å². The molecule has 5 rings (SSSR count). The van der Waals surface area contributed by atoms with Crippen LogP contribution in [0.4, 0.5) is 4.79 Å². The third kappa shape index (κ3) is 4.63. The van der Waals surface area contributed by atoms with Crippen molar-refractivity contribution in [2.75, 3.05) is 19.8 Å². The van der Waals surface area contributed by atoms with E-state index in [1.165, 1.54) is 11.1 Å². The summed E-state index contributed by atoms with van der Waals surface area (Å²) in [6, 6.07) is 16.3. The Balaban J connectivity index is 1.08. The van der Waals surface area contributed by atoms with Gasteiger partial charge in [-0.15, -0.1) is 0 Å². The van der Waals surface area contributed by atoms with Crippen LogP contribution in [-0.2, 0) is 19.1 Å². The molecule has 3 N–H and O–H groups in total. The van der Waals surface area contributed by atoms with Gasteiger partial charge >= 0.3 is 12.1 Å². The zero-order chi connectivity index (χ0) is 23.7. The van der Waals surface area contributed by atoms with Crippen LogP contribution in [0.5, 0.6) is 0 Å². The van der Waals surface area contributed by atoms with Crippen LogP contribution in [0.2, 0.25) is 0 Å². The van der Waals surface area contributed by atoms with Gasteiger partial charge in [0.15, 0.2) is 0 Å². The number of hydrogen-bond acceptors (Lipinski definition) is 5. The molecule has 0 aromatic heterocycles. The molecule has 1 saturated heterocycles. The second-order valence-electron chi connectivity index (χ2n) is 9.43. The maximum absolute atomic E-state index is 12.5. The summed E-state index contributed by atoms with van der Waals surface area (Å²) >= 11 is 0. The van der Waals surface area contributed by atoms with E-state index >= 15 is 0 Å². The highest BCUT2D eigenvalue weighted by atomic mass is 16.5. The van der Waals surface area contributed by atoms with E-state index in [0.717, 1.165) is 11.1 Å². The van der Waals surface area contributed by atoms with Gasteiger partial charge in [0, 0.05) is 12.5 Å². The molecule has 3 aliphatic rings. The summed E-state index contributed by atoms with van der Waals surface area (Å²) in [6.07, 6.45) is 0.983. The number of hydrogen-bond donors (Lipinski definition) is 3. The Morgan fingerprint density at radius 1 is 1.03 bits per heavy atom. The van der Waals surface area contributed by atoms with Gasteiger partial charge in [0.1, 0.15) is 6.61 Å². The average Bonchev–Trinajstić information content (AvgIpc) is 3.27. The fraction of sp³-hybridized carbons (Fsp3) is 0.423. The zero-order valence-electron chi connectivity index (χ0n) is 18.8. The molecule has 1 heterocycles. The number of carboxylic acid groups (broad SMARTS) is 1. The van der Waals surface area contributed by atoms with E-state index in [0.29, 0.717) is 19.3 Å². The van der Waals surface area contributed by atoms with Gasteiger partial charge in [0.2, 0.25) is 5.91 Å². The van der Waals surface area contributed by atoms with Crippen LogP contribution in [-0.4, -0.2) is 54.5 Å². The predicted molar refractivity (Wildman–Crippen MR) is 123 cm³/mol. The van der Waals surface area contributed by atoms with Crippen LogP contribution in [0, 0.1) is 5.92 Å². The highest BCUT2D eigenvalue weighted by Crippen LogP contribution is 2.44. The van der Waals surface area contributed by atoms with Crippen LogP contribution in [0.25, 0.3) is 11.1 Å². The molecule has 2 amide bonds. The van der Waals surface area contributed by atoms with Gasteiger partial charge in [0.05, 0.1) is 30.6 Å². The predicted octanol–water partition coefficient (Wildman–Crippen LogP) is 3.05. The first kappa shape index (κ1) is 22.4. The molecule has 2 atom stereocenters. The lowest BCUT2D eigenvalue weighted by Gasteiger charge is -2.18. The molecule has 0 radical (unpaired) electrons. The number of carbonyl (C=O) groups excluding carboxylic acids is 2. The van der Waals surface area contributed by atoms with Crippen molar-refractivity contribution in [1.29, 1.82) is 0 Å². The van der Waals surface area contributed by atoms with E-state index in [4.69, 9.17) is 14.6 Å². The molecule has 2 aliphatic carbocycles. The SMILES string of the molecule is O=C(O)CC1(NC(=O)C2COC(CNC(=O)OCC3c4ccccc4-c4ccccc43)C2)CC1. The fourth-order valence-electron chi connectivity index (χ4n) is 5.03. The first-order valence-electron chi connectivity index (χ1n) is 11.7. The number of carbonyl (C=O) groups is 3. The number of aliphatic carboxylic acids is 1. The lowest BCUT2D eigenvalue weighted by molar-refractivity contribution is -0.138. The van der Waals surface area contributed by atoms with Crippen molar-refractivity contribution in [2.45, 2.75) is 43.2 Å². The summed E-state index contributed by atoms with van der Waals surface area (Å²) in [5.41, 5.74) is 4.06. The van der Waals surface area contributed by atoms with Gasteiger partial charge in [-0.25, -0.2) is 4.79 Å². The third-order valence-corrected chi connectivity index (χ3v) is 7.00. The van der Waals surface area contributed by atoms with Crippen LogP contribution < -0.4 is 10.6 Å². The summed E-state index contributed by atoms with van der Waals surface area (Å²) in [5, 5.41) is 14.6. The maximum atomic E-state index is 12.5. The van der Waals surface area contributed by atoms with Crippen LogP contribution in [0.1, 0.15) is 42.7 Å². The van der Waals surface area contributed by atoms with Crippen molar-refractivity contribution in [3.8, 4) is 11.1 Å². The number of amides is 2. The van der Waals surface area contributed by atoms with Gasteiger partial charge in [-0.1, -0.05) is 48.5 Å². The molecule has 8 heteroatoms. The Hall–Kier alpha value is -3.39. The van der Waals surface area contributed by atoms with Crippen molar-refractivity contribution >= 4 is 18.0 Å². The topological polar surface area (TPSA) is 114 Å². The largest absolute Gasteiger partial charge is 0.481 e. The highest BCUT2D eigenvalue weighted by Gasteiger charge is 2.47. The second kappa shape index (κ2) is 9.10. The fourth-order valence-corrected chi connectivity index (χ4v) is 5.03. The van der Waals surface area contributed by atoms with Crippen LogP contribution >= 0.6 is 0 Å². The molecule has 0 spiro atoms. The van der Waals surface area contributed by atoms with Gasteiger partial charge in [0.25, 0.3) is 0 Å². The Kier molecular flexibility index (Phi) is 6.00. The molecule has 2 aromatic carbocycles. The molecule has 2 aromatic rings. The van der Waals surface area contributed by atoms with Crippen molar-refractivity contribution < 1.29 is 29.0 Å². The van der Waals surface area contributed by atoms with Crippen LogP contribution in [0.3, 0.4) is 0 Å². The van der Waals surface area contributed by atoms with Gasteiger partial charge < -0.3 is 25.2 Å². The van der Waals surface area contributed by atoms with E-state index in [9.17, 15) is 14.4 Å². The second-order valence-corrected chi connectivity index (χ2v) is 9.43. The van der Waals surface area contributed by atoms with E-state index in [2.05, 4.69) is 34.9 Å². The standard InChI is InChI=1S/C26H28N2O6/c29-23(30)12-26(9-10-26)28-24(31)16-11-17(33-14-16)13-27-25(32)34-15-22-20-7-3-1-5-18(20)19-6-2-4-8-21(19)22/h1-8,16-17,22H,9-15H2,(H,27,32)(H,28,31)(H,29,30). The zero-order valence-corrected chi connectivity index (χ0v) is 18.8. The number of alkyl carbamates (subject to hydrolysis) is 1. The van der Waals surface area contributed by atoms with Gasteiger partial charge in [-0.3, -0.25) is 9.59 Å². The summed E-state index contributed by atoms with van der Waals surface area (Å²) < 4.78 is 11.2. The molecular formula is C26H28N2O6. The number of rotatable bonds is 8. The minimum atomic E-state index is -0.911. The lowest BCUT2D eigenvalue weighted by atomic mass is 9.98. The smallest absolute Gasteiger partial charge is 0.407 e. The molecule has 34 heavy (non-hydrogen) atoms. The summed E-state index contributed by atoms with van der Waals surface area (Å²) in [4.78, 5) is 35.9. The molecular weight excluding hydrogens is 436 g/mol. The minimum absolute atomic E-state index is 0.00509. The summed E-state index contributed by atoms with van der Waals surface area (Å²) in [6.45, 7) is 0.745. The lowest BCUT2D eigenvalue weighted by Crippen LogP contribution is -2.42. The van der Waals surface area contributed by atoms with E-state index < -0.39 is 17.6 Å². The average molecular weight is 465 g/mol. The molecule has 0 bridgehead atoms. The van der Waals surface area contributed by atoms with Crippen molar-refractivity contribution in [3.63, 3.8) is 0 Å². The number of ether oxygens (including phenoxy) is 2. The first-order chi connectivity index (χ1) is 16.4. The molecule has 8 nitrogen and oxygen atoms in total. The summed E-state index contributed by atoms with van der Waals surface area (Å²) in [7, 11) is 0. The quantitative estimate of drug-likeness (QED) is 0.553. The van der Waals surface area contributed by atoms with Crippen molar-refractivity contribution in [2.24, 2.45) is 5.92 Å². The van der Waals surface area contributed by atoms with E-state index in [1.807, 2.05) is 24.3 Å². The third-order valence-electron chi connectivity index (χ3n) is 7.00. The highest BCUT2D eigenvalue weighted by molar-refractivity contribution is 5.82. The normalized spacial score (nSPS) is 21.9. The van der Waals surface area contributed by atoms with Gasteiger partial charge in [-0.2, -0.15) is 0 Å². The molecule has 2 unspecified atom stereocenters. The summed E-state index contributed by atoms with van der Waals surface area (Å²) in [5.74, 6) is -1.44. The molecule has 2 fully saturated rings. The molecule has 1 saturated carbocycles. The number of nitrogens with one attached hydrogen (secondary N) is 2. The maximum Gasteiger partial charge on any atom is 0.407 e. The molecule has 178 valence electrons. The number of benzene rings is 2. The van der Waals surface area contributed by atoms with Gasteiger partial charge in [-0.05, 0) is 41.5 Å². The number of carboxylic acids is 1. The first-order valence-corrected chi connectivity index (χ1v) is 11.7. The minimum Gasteiger partial charge on any atom is -0.481 e. The van der Waals surface area contributed by atoms with Crippen molar-refractivity contribution in [1.82, 2.24) is 10.6 Å². The Labute approximate surface area is 197 Å². The monoisotopic (exact) mass is 464 g/mol. The molecule has 1 aliphatic heterocycles. The number of fused-ring (bicyclic) bond motifs is 3. The van der Waals surface area contributed by atoms with E-state index in [1.54, 1.807) is 0 Å². The Bertz CT molecular complexity index is 1070.